The van der Waals surface area contributed by atoms with Crippen LogP contribution in [-0.4, -0.2) is 28.7 Å². The van der Waals surface area contributed by atoms with Gasteiger partial charge in [-0.25, -0.2) is 4.98 Å². The van der Waals surface area contributed by atoms with Gasteiger partial charge in [0.1, 0.15) is 34.5 Å². The molecule has 0 amide bonds. The second-order valence-electron chi connectivity index (χ2n) is 15.1. The fourth-order valence-corrected chi connectivity index (χ4v) is 14.7. The van der Waals surface area contributed by atoms with E-state index in [4.69, 9.17) is 19.2 Å². The number of hydrogen-bond acceptors (Lipinski definition) is 4. The summed E-state index contributed by atoms with van der Waals surface area (Å²) >= 11 is 0. The monoisotopic (exact) mass is 747 g/mol. The van der Waals surface area contributed by atoms with Crippen LogP contribution < -0.4 is 51.3 Å². The first-order valence-electron chi connectivity index (χ1n) is 19.3. The number of ether oxygens (including phenoxy) is 3. The lowest BCUT2D eigenvalue weighted by Gasteiger charge is -2.39. The fraction of sp³-hybridized carbons (Fsp3) is 0. The average Bonchev–Trinajstić information content (AvgIpc) is 3.80. The Kier molecular flexibility index (Phi) is 6.18. The predicted molar refractivity (Wildman–Crippen MR) is 231 cm³/mol. The molecule has 57 heavy (non-hydrogen) atoms. The normalized spacial score (nSPS) is 13.3. The minimum absolute atomic E-state index is 0.0555. The summed E-state index contributed by atoms with van der Waals surface area (Å²) in [6.45, 7) is -0.0555. The van der Waals surface area contributed by atoms with Crippen molar-refractivity contribution in [2.45, 2.75) is 0 Å². The van der Waals surface area contributed by atoms with Crippen LogP contribution in [0, 0.1) is 0 Å². The number of benzene rings is 8. The Morgan fingerprint density at radius 1 is 0.404 bits per heavy atom. The van der Waals surface area contributed by atoms with Crippen LogP contribution in [0.25, 0.3) is 33.5 Å². The molecule has 8 heteroatoms. The van der Waals surface area contributed by atoms with Crippen LogP contribution >= 0.6 is 0 Å². The summed E-state index contributed by atoms with van der Waals surface area (Å²) in [4.78, 5) is 5.22. The number of fused-ring (bicyclic) bond motifs is 5. The lowest BCUT2D eigenvalue weighted by atomic mass is 9.34. The molecule has 3 aliphatic heterocycles. The van der Waals surface area contributed by atoms with Crippen molar-refractivity contribution in [1.29, 1.82) is 0 Å². The number of para-hydroxylation sites is 4. The Labute approximate surface area is 328 Å². The van der Waals surface area contributed by atoms with E-state index in [9.17, 15) is 0 Å². The summed E-state index contributed by atoms with van der Waals surface area (Å²) in [5.74, 6) is 5.82. The molecule has 0 spiro atoms. The predicted octanol–water partition coefficient (Wildman–Crippen LogP) is 6.64. The van der Waals surface area contributed by atoms with Gasteiger partial charge in [-0.05, 0) is 93.5 Å². The van der Waals surface area contributed by atoms with Crippen molar-refractivity contribution in [3.05, 3.63) is 182 Å². The first-order chi connectivity index (χ1) is 28.3. The summed E-state index contributed by atoms with van der Waals surface area (Å²) in [7, 11) is -3.12. The van der Waals surface area contributed by atoms with Crippen LogP contribution in [0.5, 0.6) is 34.5 Å². The minimum Gasteiger partial charge on any atom is -0.458 e. The standard InChI is InChI=1S/C49H30BN3O3Si/c1-3-15-32(16-4-1)57(33-17-5-2-6-18-33,34-19-11-14-31(28-34)52-38-22-9-10-23-39(38)53-37-21-8-7-20-36(37)51-49(52)53)35-29-44-48-45(30-35)56-43-27-13-25-41-47(43)50(48)46-40(54-41)24-12-26-42(46)55-44/h1-30H. The van der Waals surface area contributed by atoms with Crippen LogP contribution in [0.2, 0.25) is 0 Å². The minimum atomic E-state index is -3.12. The lowest BCUT2D eigenvalue weighted by Crippen LogP contribution is -2.75. The molecule has 6 nitrogen and oxygen atoms in total. The third-order valence-corrected chi connectivity index (χ3v) is 16.9. The molecule has 266 valence electrons. The summed E-state index contributed by atoms with van der Waals surface area (Å²) in [6.07, 6.45) is 0. The van der Waals surface area contributed by atoms with Crippen molar-refractivity contribution in [3.8, 4) is 40.2 Å². The van der Waals surface area contributed by atoms with Crippen molar-refractivity contribution in [2.24, 2.45) is 0 Å². The van der Waals surface area contributed by atoms with Crippen molar-refractivity contribution in [1.82, 2.24) is 14.0 Å². The van der Waals surface area contributed by atoms with E-state index in [-0.39, 0.29) is 6.71 Å². The summed E-state index contributed by atoms with van der Waals surface area (Å²) in [5.41, 5.74) is 8.48. The van der Waals surface area contributed by atoms with Gasteiger partial charge >= 0.3 is 0 Å². The van der Waals surface area contributed by atoms with Crippen LogP contribution in [0.3, 0.4) is 0 Å². The van der Waals surface area contributed by atoms with Crippen molar-refractivity contribution in [2.75, 3.05) is 0 Å². The molecule has 0 fully saturated rings. The highest BCUT2D eigenvalue weighted by Gasteiger charge is 2.49. The van der Waals surface area contributed by atoms with Gasteiger partial charge in [-0.2, -0.15) is 0 Å². The lowest BCUT2D eigenvalue weighted by molar-refractivity contribution is 0.443. The zero-order valence-electron chi connectivity index (χ0n) is 30.5. The van der Waals surface area contributed by atoms with E-state index in [0.29, 0.717) is 0 Å². The maximum Gasteiger partial charge on any atom is 0.270 e. The first kappa shape index (κ1) is 31.0. The topological polar surface area (TPSA) is 49.9 Å². The van der Waals surface area contributed by atoms with Gasteiger partial charge in [0.05, 0.1) is 22.1 Å². The third kappa shape index (κ3) is 4.12. The van der Waals surface area contributed by atoms with Crippen LogP contribution in [0.15, 0.2) is 182 Å². The molecular weight excluding hydrogens is 717 g/mol. The molecule has 0 aliphatic carbocycles. The van der Waals surface area contributed by atoms with Crippen molar-refractivity contribution in [3.63, 3.8) is 0 Å². The summed E-state index contributed by atoms with van der Waals surface area (Å²) in [5, 5.41) is 4.93. The molecule has 2 aromatic heterocycles. The molecule has 0 radical (unpaired) electrons. The first-order valence-corrected chi connectivity index (χ1v) is 21.3. The maximum absolute atomic E-state index is 6.95. The molecule has 3 aliphatic rings. The zero-order chi connectivity index (χ0) is 37.2. The molecular formula is C49H30BN3O3Si. The van der Waals surface area contributed by atoms with E-state index in [1.807, 2.05) is 24.3 Å². The van der Waals surface area contributed by atoms with Gasteiger partial charge in [-0.15, -0.1) is 0 Å². The second kappa shape index (κ2) is 11.4. The van der Waals surface area contributed by atoms with Crippen LogP contribution in [-0.2, 0) is 0 Å². The average molecular weight is 748 g/mol. The van der Waals surface area contributed by atoms with Gasteiger partial charge in [-0.3, -0.25) is 8.97 Å². The maximum atomic E-state index is 6.95. The number of aromatic nitrogens is 3. The van der Waals surface area contributed by atoms with Crippen LogP contribution in [0.1, 0.15) is 0 Å². The number of imidazole rings is 2. The Balaban J connectivity index is 1.11. The van der Waals surface area contributed by atoms with E-state index < -0.39 is 8.07 Å². The van der Waals surface area contributed by atoms with E-state index in [2.05, 4.69) is 167 Å². The molecule has 0 bridgehead atoms. The molecule has 0 saturated carbocycles. The Bertz CT molecular complexity index is 3190. The van der Waals surface area contributed by atoms with Gasteiger partial charge in [0.15, 0.2) is 8.07 Å². The van der Waals surface area contributed by atoms with Crippen molar-refractivity contribution < 1.29 is 14.2 Å². The Hall–Kier alpha value is -7.29. The summed E-state index contributed by atoms with van der Waals surface area (Å²) < 4.78 is 24.9. The third-order valence-electron chi connectivity index (χ3n) is 12.2. The highest BCUT2D eigenvalue weighted by Crippen LogP contribution is 2.41. The van der Waals surface area contributed by atoms with Gasteiger partial charge in [0.25, 0.3) is 6.71 Å². The molecule has 0 unspecified atom stereocenters. The van der Waals surface area contributed by atoms with Crippen LogP contribution in [0.4, 0.5) is 0 Å². The number of hydrogen-bond donors (Lipinski definition) is 0. The van der Waals surface area contributed by atoms with Gasteiger partial charge in [0, 0.05) is 22.1 Å². The van der Waals surface area contributed by atoms with Gasteiger partial charge in [-0.1, -0.05) is 109 Å². The molecule has 0 atom stereocenters. The highest BCUT2D eigenvalue weighted by atomic mass is 28.3. The molecule has 0 N–H and O–H groups in total. The van der Waals surface area contributed by atoms with Gasteiger partial charge < -0.3 is 14.2 Å². The molecule has 13 rings (SSSR count). The largest absolute Gasteiger partial charge is 0.458 e. The molecule has 0 saturated heterocycles. The molecule has 5 heterocycles. The van der Waals surface area contributed by atoms with E-state index >= 15 is 0 Å². The molecule has 8 aromatic carbocycles. The van der Waals surface area contributed by atoms with Gasteiger partial charge in [0.2, 0.25) is 5.78 Å². The quantitative estimate of drug-likeness (QED) is 0.147. The Morgan fingerprint density at radius 2 is 0.895 bits per heavy atom. The smallest absolute Gasteiger partial charge is 0.270 e. The SMILES string of the molecule is c1ccc([Si](c2ccccc2)(c2cccc(-n3c4ccccc4n4c5ccccc5nc34)c2)c2cc3c4c(c2)Oc2cccc5c2B4c2c(cccc2O3)O5)cc1. The fourth-order valence-electron chi connectivity index (χ4n) is 9.89. The van der Waals surface area contributed by atoms with Crippen molar-refractivity contribution >= 4 is 79.8 Å². The highest BCUT2D eigenvalue weighted by molar-refractivity contribution is 7.20. The Morgan fingerprint density at radius 3 is 1.53 bits per heavy atom. The second-order valence-corrected chi connectivity index (χ2v) is 18.9. The summed E-state index contributed by atoms with van der Waals surface area (Å²) in [6, 6.07) is 65.0. The number of rotatable bonds is 5. The molecule has 10 aromatic rings. The number of nitrogens with zero attached hydrogens (tertiary/aromatic N) is 3. The van der Waals surface area contributed by atoms with E-state index in [0.717, 1.165) is 84.4 Å². The van der Waals surface area contributed by atoms with E-state index in [1.54, 1.807) is 0 Å². The van der Waals surface area contributed by atoms with E-state index in [1.165, 1.54) is 20.7 Å². The zero-order valence-corrected chi connectivity index (χ0v) is 31.5.